The van der Waals surface area contributed by atoms with Gasteiger partial charge in [0.25, 0.3) is 21.4 Å². The third-order valence-electron chi connectivity index (χ3n) is 2.23. The second-order valence-corrected chi connectivity index (χ2v) is 6.75. The molecule has 1 aromatic carbocycles. The number of ether oxygens (including phenoxy) is 1. The number of hydrogen-bond donors (Lipinski definition) is 1. The summed E-state index contributed by atoms with van der Waals surface area (Å²) >= 11 is 5.67. The van der Waals surface area contributed by atoms with Crippen molar-refractivity contribution in [3.05, 3.63) is 28.8 Å². The predicted octanol–water partition coefficient (Wildman–Crippen LogP) is 2.28. The SMILES string of the molecule is O=C(NCCOCC(F)F)c1ccc(Cl)c(S(=O)(=O)Cl)c1. The molecule has 1 aromatic rings. The van der Waals surface area contributed by atoms with Crippen LogP contribution < -0.4 is 5.32 Å². The highest BCUT2D eigenvalue weighted by molar-refractivity contribution is 8.13. The third kappa shape index (κ3) is 6.13. The van der Waals surface area contributed by atoms with Gasteiger partial charge in [-0.2, -0.15) is 0 Å². The van der Waals surface area contributed by atoms with Gasteiger partial charge in [0, 0.05) is 22.8 Å². The van der Waals surface area contributed by atoms with E-state index in [1.807, 2.05) is 0 Å². The number of carbonyl (C=O) groups is 1. The maximum absolute atomic E-state index is 11.8. The standard InChI is InChI=1S/C11H11Cl2F2NO4S/c12-8-2-1-7(5-9(8)21(13,18)19)11(17)16-3-4-20-6-10(14)15/h1-2,5,10H,3-4,6H2,(H,16,17). The van der Waals surface area contributed by atoms with Crippen molar-refractivity contribution in [1.82, 2.24) is 5.32 Å². The van der Waals surface area contributed by atoms with E-state index in [2.05, 4.69) is 10.1 Å². The van der Waals surface area contributed by atoms with Crippen molar-refractivity contribution >= 4 is 37.2 Å². The van der Waals surface area contributed by atoms with Crippen LogP contribution in [0.2, 0.25) is 5.02 Å². The van der Waals surface area contributed by atoms with Gasteiger partial charge in [-0.25, -0.2) is 17.2 Å². The van der Waals surface area contributed by atoms with E-state index in [9.17, 15) is 22.0 Å². The zero-order valence-corrected chi connectivity index (χ0v) is 12.8. The Morgan fingerprint density at radius 3 is 2.62 bits per heavy atom. The average molecular weight is 362 g/mol. The molecule has 1 N–H and O–H groups in total. The van der Waals surface area contributed by atoms with Crippen LogP contribution in [0.4, 0.5) is 8.78 Å². The fraction of sp³-hybridized carbons (Fsp3) is 0.364. The lowest BCUT2D eigenvalue weighted by atomic mass is 10.2. The van der Waals surface area contributed by atoms with Gasteiger partial charge < -0.3 is 10.1 Å². The van der Waals surface area contributed by atoms with Crippen molar-refractivity contribution in [2.45, 2.75) is 11.3 Å². The summed E-state index contributed by atoms with van der Waals surface area (Å²) in [6.07, 6.45) is -2.58. The van der Waals surface area contributed by atoms with E-state index < -0.39 is 28.0 Å². The first-order valence-corrected chi connectivity index (χ1v) is 8.29. The van der Waals surface area contributed by atoms with Gasteiger partial charge in [0.05, 0.1) is 11.6 Å². The first-order chi connectivity index (χ1) is 9.71. The van der Waals surface area contributed by atoms with E-state index in [1.165, 1.54) is 12.1 Å². The smallest absolute Gasteiger partial charge is 0.262 e. The lowest BCUT2D eigenvalue weighted by Crippen LogP contribution is -2.27. The summed E-state index contributed by atoms with van der Waals surface area (Å²) in [6, 6.07) is 3.56. The van der Waals surface area contributed by atoms with Gasteiger partial charge in [-0.1, -0.05) is 11.6 Å². The highest BCUT2D eigenvalue weighted by atomic mass is 35.7. The molecule has 0 bridgehead atoms. The van der Waals surface area contributed by atoms with E-state index in [-0.39, 0.29) is 28.6 Å². The molecule has 118 valence electrons. The van der Waals surface area contributed by atoms with E-state index in [0.29, 0.717) is 0 Å². The van der Waals surface area contributed by atoms with Crippen molar-refractivity contribution in [2.75, 3.05) is 19.8 Å². The van der Waals surface area contributed by atoms with Gasteiger partial charge >= 0.3 is 0 Å². The molecule has 0 heterocycles. The first-order valence-electron chi connectivity index (χ1n) is 5.60. The Morgan fingerprint density at radius 2 is 2.05 bits per heavy atom. The minimum atomic E-state index is -4.08. The van der Waals surface area contributed by atoms with Gasteiger partial charge in [-0.05, 0) is 18.2 Å². The molecule has 0 aliphatic rings. The molecule has 21 heavy (non-hydrogen) atoms. The zero-order valence-electron chi connectivity index (χ0n) is 10.5. The van der Waals surface area contributed by atoms with E-state index in [4.69, 9.17) is 22.3 Å². The number of rotatable bonds is 7. The third-order valence-corrected chi connectivity index (χ3v) is 4.04. The number of nitrogens with one attached hydrogen (secondary N) is 1. The van der Waals surface area contributed by atoms with Crippen molar-refractivity contribution in [3.8, 4) is 0 Å². The van der Waals surface area contributed by atoms with Crippen LogP contribution in [0.3, 0.4) is 0 Å². The minimum absolute atomic E-state index is 0.00284. The van der Waals surface area contributed by atoms with E-state index >= 15 is 0 Å². The van der Waals surface area contributed by atoms with Crippen LogP contribution in [0.1, 0.15) is 10.4 Å². The van der Waals surface area contributed by atoms with E-state index in [1.54, 1.807) is 0 Å². The molecule has 0 unspecified atom stereocenters. The number of hydrogen-bond acceptors (Lipinski definition) is 4. The van der Waals surface area contributed by atoms with Crippen molar-refractivity contribution < 1.29 is 26.7 Å². The number of amides is 1. The van der Waals surface area contributed by atoms with Crippen LogP contribution in [0.15, 0.2) is 23.1 Å². The first kappa shape index (κ1) is 18.1. The molecule has 10 heteroatoms. The molecule has 0 saturated heterocycles. The van der Waals surface area contributed by atoms with Crippen molar-refractivity contribution in [1.29, 1.82) is 0 Å². The highest BCUT2D eigenvalue weighted by Gasteiger charge is 2.17. The average Bonchev–Trinajstić information content (AvgIpc) is 2.36. The zero-order chi connectivity index (χ0) is 16.0. The van der Waals surface area contributed by atoms with Crippen LogP contribution in [-0.4, -0.2) is 40.5 Å². The van der Waals surface area contributed by atoms with Crippen LogP contribution in [0.5, 0.6) is 0 Å². The van der Waals surface area contributed by atoms with Crippen molar-refractivity contribution in [2.24, 2.45) is 0 Å². The highest BCUT2D eigenvalue weighted by Crippen LogP contribution is 2.25. The Morgan fingerprint density at radius 1 is 1.38 bits per heavy atom. The topological polar surface area (TPSA) is 72.5 Å². The Kier molecular flexibility index (Phi) is 6.79. The van der Waals surface area contributed by atoms with Gasteiger partial charge in [0.1, 0.15) is 11.5 Å². The van der Waals surface area contributed by atoms with Gasteiger partial charge in [-0.15, -0.1) is 0 Å². The molecule has 0 aliphatic carbocycles. The molecule has 0 radical (unpaired) electrons. The molecule has 5 nitrogen and oxygen atoms in total. The maximum Gasteiger partial charge on any atom is 0.262 e. The molecule has 1 amide bonds. The number of alkyl halides is 2. The molecular weight excluding hydrogens is 351 g/mol. The van der Waals surface area contributed by atoms with E-state index in [0.717, 1.165) is 6.07 Å². The number of benzene rings is 1. The predicted molar refractivity (Wildman–Crippen MR) is 73.6 cm³/mol. The van der Waals surface area contributed by atoms with Gasteiger partial charge in [0.2, 0.25) is 0 Å². The molecule has 0 aromatic heterocycles. The Balaban J connectivity index is 2.63. The Labute approximate surface area is 129 Å². The van der Waals surface area contributed by atoms with Crippen molar-refractivity contribution in [3.63, 3.8) is 0 Å². The molecule has 0 spiro atoms. The summed E-state index contributed by atoms with van der Waals surface area (Å²) in [5.74, 6) is -0.603. The van der Waals surface area contributed by atoms with Crippen LogP contribution in [0.25, 0.3) is 0 Å². The summed E-state index contributed by atoms with van der Waals surface area (Å²) in [7, 11) is 1.10. The molecule has 0 fully saturated rings. The maximum atomic E-state index is 11.8. The second kappa shape index (κ2) is 7.88. The monoisotopic (exact) mass is 361 g/mol. The number of carbonyl (C=O) groups excluding carboxylic acids is 1. The van der Waals surface area contributed by atoms with Crippen LogP contribution in [-0.2, 0) is 13.8 Å². The number of halogens is 4. The van der Waals surface area contributed by atoms with Gasteiger partial charge in [0.15, 0.2) is 0 Å². The minimum Gasteiger partial charge on any atom is -0.374 e. The fourth-order valence-corrected chi connectivity index (χ4v) is 2.84. The normalized spacial score (nSPS) is 11.7. The van der Waals surface area contributed by atoms with Gasteiger partial charge in [-0.3, -0.25) is 4.79 Å². The molecule has 0 saturated carbocycles. The molecule has 0 aliphatic heterocycles. The molecule has 1 rings (SSSR count). The lowest BCUT2D eigenvalue weighted by Gasteiger charge is -2.07. The largest absolute Gasteiger partial charge is 0.374 e. The van der Waals surface area contributed by atoms with Crippen LogP contribution in [0, 0.1) is 0 Å². The Bertz CT molecular complexity index is 610. The molecular formula is C11H11Cl2F2NO4S. The summed E-state index contributed by atoms with van der Waals surface area (Å²) in [4.78, 5) is 11.4. The lowest BCUT2D eigenvalue weighted by molar-refractivity contribution is 0.0188. The summed E-state index contributed by atoms with van der Waals surface area (Å²) in [6.45, 7) is -0.813. The quantitative estimate of drug-likeness (QED) is 0.597. The van der Waals surface area contributed by atoms with Crippen LogP contribution >= 0.6 is 22.3 Å². The molecule has 0 atom stereocenters. The summed E-state index contributed by atoms with van der Waals surface area (Å²) < 4.78 is 50.6. The second-order valence-electron chi connectivity index (χ2n) is 3.80. The fourth-order valence-electron chi connectivity index (χ4n) is 1.34. The summed E-state index contributed by atoms with van der Waals surface area (Å²) in [5.41, 5.74) is 0.0208. The summed E-state index contributed by atoms with van der Waals surface area (Å²) in [5, 5.41) is 2.27. The Hall–Kier alpha value is -0.960.